The average Bonchev–Trinajstić information content (AvgIpc) is 2.83. The summed E-state index contributed by atoms with van der Waals surface area (Å²) in [5.41, 5.74) is 1.68. The molecule has 180 valence electrons. The maximum absolute atomic E-state index is 11.8. The highest BCUT2D eigenvalue weighted by atomic mass is 79.9. The standard InChI is InChI=1S/C25H29BrN4O4/c1-3-33-24(31)14-30-9-5-6-17(13-30)15-34-23-12-21-20(11-22(23)32-2)25(28-16-27-21)29-19-8-4-7-18(26)10-19/h4,7-8,10-12,16-17H,3,5-6,9,13-15H2,1-2H3,(H,27,28,29). The summed E-state index contributed by atoms with van der Waals surface area (Å²) in [7, 11) is 1.63. The fourth-order valence-electron chi connectivity index (χ4n) is 4.17. The van der Waals surface area contributed by atoms with E-state index in [1.165, 1.54) is 6.33 Å². The Labute approximate surface area is 207 Å². The normalized spacial score (nSPS) is 16.3. The average molecular weight is 529 g/mol. The zero-order valence-electron chi connectivity index (χ0n) is 19.4. The van der Waals surface area contributed by atoms with E-state index in [-0.39, 0.29) is 5.97 Å². The molecule has 34 heavy (non-hydrogen) atoms. The summed E-state index contributed by atoms with van der Waals surface area (Å²) < 4.78 is 17.9. The number of benzene rings is 2. The van der Waals surface area contributed by atoms with Crippen LogP contribution in [0.4, 0.5) is 11.5 Å². The number of rotatable bonds is 9. The number of aromatic nitrogens is 2. The number of carbonyl (C=O) groups is 1. The van der Waals surface area contributed by atoms with Gasteiger partial charge < -0.3 is 19.5 Å². The number of esters is 1. The summed E-state index contributed by atoms with van der Waals surface area (Å²) in [5, 5.41) is 4.19. The van der Waals surface area contributed by atoms with Crippen molar-refractivity contribution < 1.29 is 19.0 Å². The van der Waals surface area contributed by atoms with Gasteiger partial charge in [-0.25, -0.2) is 9.97 Å². The van der Waals surface area contributed by atoms with E-state index in [1.807, 2.05) is 43.3 Å². The Bertz CT molecular complexity index is 1140. The molecule has 0 bridgehead atoms. The van der Waals surface area contributed by atoms with Crippen LogP contribution in [0.2, 0.25) is 0 Å². The highest BCUT2D eigenvalue weighted by molar-refractivity contribution is 9.10. The second kappa shape index (κ2) is 11.5. The van der Waals surface area contributed by atoms with Crippen LogP contribution >= 0.6 is 15.9 Å². The number of nitrogens with one attached hydrogen (secondary N) is 1. The summed E-state index contributed by atoms with van der Waals surface area (Å²) in [6.07, 6.45) is 3.62. The monoisotopic (exact) mass is 528 g/mol. The largest absolute Gasteiger partial charge is 0.493 e. The van der Waals surface area contributed by atoms with Crippen LogP contribution in [0.1, 0.15) is 19.8 Å². The SMILES string of the molecule is CCOC(=O)CN1CCCC(COc2cc3ncnc(Nc4cccc(Br)c4)c3cc2OC)C1. The first-order valence-electron chi connectivity index (χ1n) is 11.4. The molecule has 8 nitrogen and oxygen atoms in total. The first kappa shape index (κ1) is 24.2. The van der Waals surface area contributed by atoms with Gasteiger partial charge in [0.25, 0.3) is 0 Å². The van der Waals surface area contributed by atoms with E-state index in [0.717, 1.165) is 47.0 Å². The van der Waals surface area contributed by atoms with Crippen molar-refractivity contribution in [3.63, 3.8) is 0 Å². The van der Waals surface area contributed by atoms with E-state index >= 15 is 0 Å². The van der Waals surface area contributed by atoms with Crippen molar-refractivity contribution in [2.24, 2.45) is 5.92 Å². The molecule has 1 aliphatic heterocycles. The number of methoxy groups -OCH3 is 1. The van der Waals surface area contributed by atoms with Gasteiger partial charge in [0.05, 0.1) is 32.4 Å². The van der Waals surface area contributed by atoms with Crippen molar-refractivity contribution in [2.45, 2.75) is 19.8 Å². The Morgan fingerprint density at radius 1 is 1.24 bits per heavy atom. The molecular weight excluding hydrogens is 500 g/mol. The summed E-state index contributed by atoms with van der Waals surface area (Å²) in [6.45, 7) is 4.80. The minimum Gasteiger partial charge on any atom is -0.493 e. The number of hydrogen-bond acceptors (Lipinski definition) is 8. The zero-order chi connectivity index (χ0) is 23.9. The van der Waals surface area contributed by atoms with Gasteiger partial charge in [0, 0.05) is 34.1 Å². The molecule has 1 atom stereocenters. The number of anilines is 2. The van der Waals surface area contributed by atoms with Crippen LogP contribution in [-0.2, 0) is 9.53 Å². The molecule has 9 heteroatoms. The smallest absolute Gasteiger partial charge is 0.320 e. The minimum atomic E-state index is -0.174. The van der Waals surface area contributed by atoms with Crippen molar-refractivity contribution in [1.29, 1.82) is 0 Å². The van der Waals surface area contributed by atoms with Gasteiger partial charge in [0.2, 0.25) is 0 Å². The Kier molecular flexibility index (Phi) is 8.18. The van der Waals surface area contributed by atoms with Gasteiger partial charge in [-0.15, -0.1) is 0 Å². The number of fused-ring (bicyclic) bond motifs is 1. The number of piperidine rings is 1. The topological polar surface area (TPSA) is 85.8 Å². The first-order valence-corrected chi connectivity index (χ1v) is 12.2. The summed E-state index contributed by atoms with van der Waals surface area (Å²) >= 11 is 3.49. The fraction of sp³-hybridized carbons (Fsp3) is 0.400. The Hall–Kier alpha value is -2.91. The molecule has 1 aromatic heterocycles. The van der Waals surface area contributed by atoms with E-state index in [9.17, 15) is 4.79 Å². The fourth-order valence-corrected chi connectivity index (χ4v) is 4.57. The molecule has 0 saturated carbocycles. The Balaban J connectivity index is 1.47. The number of ether oxygens (including phenoxy) is 3. The maximum atomic E-state index is 11.8. The molecule has 3 aromatic rings. The molecule has 0 spiro atoms. The van der Waals surface area contributed by atoms with Crippen molar-refractivity contribution in [3.8, 4) is 11.5 Å². The molecule has 1 fully saturated rings. The predicted molar refractivity (Wildman–Crippen MR) is 135 cm³/mol. The minimum absolute atomic E-state index is 0.174. The predicted octanol–water partition coefficient (Wildman–Crippen LogP) is 4.80. The third-order valence-corrected chi connectivity index (χ3v) is 6.24. The Morgan fingerprint density at radius 3 is 2.91 bits per heavy atom. The van der Waals surface area contributed by atoms with Gasteiger partial charge in [-0.2, -0.15) is 0 Å². The van der Waals surface area contributed by atoms with Crippen molar-refractivity contribution >= 4 is 44.3 Å². The molecule has 0 aliphatic carbocycles. The first-order chi connectivity index (χ1) is 16.6. The van der Waals surface area contributed by atoms with Crippen LogP contribution in [0.3, 0.4) is 0 Å². The number of carbonyl (C=O) groups excluding carboxylic acids is 1. The molecule has 0 radical (unpaired) electrons. The highest BCUT2D eigenvalue weighted by Crippen LogP contribution is 2.35. The van der Waals surface area contributed by atoms with E-state index < -0.39 is 0 Å². The lowest BCUT2D eigenvalue weighted by molar-refractivity contribution is -0.144. The second-order valence-corrected chi connectivity index (χ2v) is 9.15. The number of halogens is 1. The van der Waals surface area contributed by atoms with Gasteiger partial charge in [0.1, 0.15) is 12.1 Å². The van der Waals surface area contributed by atoms with Crippen LogP contribution in [0, 0.1) is 5.92 Å². The maximum Gasteiger partial charge on any atom is 0.320 e. The van der Waals surface area contributed by atoms with E-state index in [1.54, 1.807) is 7.11 Å². The number of hydrogen-bond donors (Lipinski definition) is 1. The lowest BCUT2D eigenvalue weighted by Crippen LogP contribution is -2.41. The molecule has 0 amide bonds. The molecule has 2 aromatic carbocycles. The summed E-state index contributed by atoms with van der Waals surface area (Å²) in [5.74, 6) is 2.10. The van der Waals surface area contributed by atoms with Crippen LogP contribution < -0.4 is 14.8 Å². The molecule has 4 rings (SSSR count). The molecule has 1 N–H and O–H groups in total. The molecule has 2 heterocycles. The zero-order valence-corrected chi connectivity index (χ0v) is 21.0. The van der Waals surface area contributed by atoms with Gasteiger partial charge in [0.15, 0.2) is 11.5 Å². The number of nitrogens with zero attached hydrogens (tertiary/aromatic N) is 3. The van der Waals surface area contributed by atoms with Gasteiger partial charge >= 0.3 is 5.97 Å². The Morgan fingerprint density at radius 2 is 2.12 bits per heavy atom. The van der Waals surface area contributed by atoms with Crippen molar-refractivity contribution in [1.82, 2.24) is 14.9 Å². The third kappa shape index (κ3) is 6.15. The summed E-state index contributed by atoms with van der Waals surface area (Å²) in [6, 6.07) is 11.7. The highest BCUT2D eigenvalue weighted by Gasteiger charge is 2.23. The molecule has 1 aliphatic rings. The van der Waals surface area contributed by atoms with Gasteiger partial charge in [-0.3, -0.25) is 9.69 Å². The van der Waals surface area contributed by atoms with Gasteiger partial charge in [-0.1, -0.05) is 22.0 Å². The summed E-state index contributed by atoms with van der Waals surface area (Å²) in [4.78, 5) is 22.8. The van der Waals surface area contributed by atoms with E-state index in [2.05, 4.69) is 36.1 Å². The molecule has 1 unspecified atom stereocenters. The third-order valence-electron chi connectivity index (χ3n) is 5.74. The van der Waals surface area contributed by atoms with Gasteiger partial charge in [-0.05, 0) is 50.6 Å². The molecular formula is C25H29BrN4O4. The number of likely N-dealkylation sites (tertiary alicyclic amines) is 1. The van der Waals surface area contributed by atoms with Crippen molar-refractivity contribution in [3.05, 3.63) is 47.2 Å². The lowest BCUT2D eigenvalue weighted by Gasteiger charge is -2.31. The van der Waals surface area contributed by atoms with Crippen LogP contribution in [-0.4, -0.2) is 60.8 Å². The van der Waals surface area contributed by atoms with Crippen LogP contribution in [0.5, 0.6) is 11.5 Å². The molecule has 1 saturated heterocycles. The van der Waals surface area contributed by atoms with Crippen molar-refractivity contribution in [2.75, 3.05) is 45.3 Å². The van der Waals surface area contributed by atoms with E-state index in [0.29, 0.717) is 43.0 Å². The lowest BCUT2D eigenvalue weighted by atomic mass is 9.99. The van der Waals surface area contributed by atoms with E-state index in [4.69, 9.17) is 14.2 Å². The van der Waals surface area contributed by atoms with Crippen LogP contribution in [0.25, 0.3) is 10.9 Å². The quantitative estimate of drug-likeness (QED) is 0.396. The van der Waals surface area contributed by atoms with Crippen LogP contribution in [0.15, 0.2) is 47.2 Å². The second-order valence-electron chi connectivity index (χ2n) is 8.24.